The molecule has 0 saturated carbocycles. The van der Waals surface area contributed by atoms with E-state index in [0.717, 1.165) is 0 Å². The molecule has 3 rings (SSSR count). The minimum Gasteiger partial charge on any atom is -0.447 e. The number of para-hydroxylation sites is 1. The van der Waals surface area contributed by atoms with Crippen LogP contribution < -0.4 is 16.1 Å². The van der Waals surface area contributed by atoms with Gasteiger partial charge in [0.15, 0.2) is 5.43 Å². The standard InChI is InChI=1S/C20H21N3O4/c1-20(2,11-27-19(26)21-3)23-18(25)12-8-9-14-16(10-12)22-15-7-5-4-6-13(15)17(14)24/h4-10H,11H2,1-3H3,(H,21,26)(H,22,24)(H,23,25). The number of carbonyl (C=O) groups is 2. The van der Waals surface area contributed by atoms with Gasteiger partial charge in [-0.15, -0.1) is 0 Å². The van der Waals surface area contributed by atoms with E-state index in [2.05, 4.69) is 15.6 Å². The number of hydrogen-bond donors (Lipinski definition) is 3. The molecule has 0 aliphatic heterocycles. The number of nitrogens with one attached hydrogen (secondary N) is 3. The van der Waals surface area contributed by atoms with E-state index in [9.17, 15) is 14.4 Å². The summed E-state index contributed by atoms with van der Waals surface area (Å²) in [5.74, 6) is -0.323. The molecular weight excluding hydrogens is 346 g/mol. The molecule has 0 fully saturated rings. The lowest BCUT2D eigenvalue weighted by Crippen LogP contribution is -2.48. The van der Waals surface area contributed by atoms with Gasteiger partial charge in [0.05, 0.1) is 11.1 Å². The Labute approximate surface area is 155 Å². The maximum absolute atomic E-state index is 12.6. The lowest BCUT2D eigenvalue weighted by Gasteiger charge is -2.25. The average molecular weight is 367 g/mol. The largest absolute Gasteiger partial charge is 0.447 e. The Hall–Kier alpha value is -3.35. The quantitative estimate of drug-likeness (QED) is 0.617. The van der Waals surface area contributed by atoms with E-state index >= 15 is 0 Å². The van der Waals surface area contributed by atoms with Gasteiger partial charge in [0, 0.05) is 28.9 Å². The Kier molecular flexibility index (Phi) is 4.85. The molecule has 7 nitrogen and oxygen atoms in total. The van der Waals surface area contributed by atoms with Crippen molar-refractivity contribution in [2.24, 2.45) is 0 Å². The van der Waals surface area contributed by atoms with Crippen LogP contribution >= 0.6 is 0 Å². The molecule has 1 heterocycles. The number of ether oxygens (including phenoxy) is 1. The fourth-order valence-corrected chi connectivity index (χ4v) is 2.80. The zero-order valence-electron chi connectivity index (χ0n) is 15.4. The summed E-state index contributed by atoms with van der Waals surface area (Å²) >= 11 is 0. The van der Waals surface area contributed by atoms with Crippen molar-refractivity contribution in [3.05, 3.63) is 58.3 Å². The summed E-state index contributed by atoms with van der Waals surface area (Å²) < 4.78 is 5.01. The molecular formula is C20H21N3O4. The van der Waals surface area contributed by atoms with Gasteiger partial charge in [-0.2, -0.15) is 0 Å². The van der Waals surface area contributed by atoms with Crippen LogP contribution in [0.1, 0.15) is 24.2 Å². The molecule has 2 amide bonds. The van der Waals surface area contributed by atoms with E-state index in [1.165, 1.54) is 7.05 Å². The van der Waals surface area contributed by atoms with Crippen LogP contribution in [-0.2, 0) is 4.74 Å². The summed E-state index contributed by atoms with van der Waals surface area (Å²) in [5, 5.41) is 6.31. The van der Waals surface area contributed by atoms with Gasteiger partial charge in [0.1, 0.15) is 6.61 Å². The second kappa shape index (κ2) is 7.11. The topological polar surface area (TPSA) is 100 Å². The van der Waals surface area contributed by atoms with E-state index in [4.69, 9.17) is 4.74 Å². The Morgan fingerprint density at radius 3 is 2.52 bits per heavy atom. The van der Waals surface area contributed by atoms with Crippen molar-refractivity contribution in [3.8, 4) is 0 Å². The average Bonchev–Trinajstić information content (AvgIpc) is 2.65. The number of H-pyrrole nitrogens is 1. The van der Waals surface area contributed by atoms with E-state index in [1.807, 2.05) is 18.2 Å². The summed E-state index contributed by atoms with van der Waals surface area (Å²) in [4.78, 5) is 39.6. The summed E-state index contributed by atoms with van der Waals surface area (Å²) in [5.41, 5.74) is 0.875. The first kappa shape index (κ1) is 18.4. The molecule has 0 aliphatic carbocycles. The Morgan fingerprint density at radius 2 is 1.78 bits per heavy atom. The zero-order chi connectivity index (χ0) is 19.6. The van der Waals surface area contributed by atoms with Crippen LogP contribution in [0.25, 0.3) is 21.8 Å². The van der Waals surface area contributed by atoms with Crippen molar-refractivity contribution in [2.75, 3.05) is 13.7 Å². The van der Waals surface area contributed by atoms with Gasteiger partial charge in [-0.1, -0.05) is 12.1 Å². The molecule has 2 aromatic carbocycles. The molecule has 0 bridgehead atoms. The summed E-state index contributed by atoms with van der Waals surface area (Å²) in [7, 11) is 1.47. The molecule has 0 atom stereocenters. The number of benzene rings is 2. The predicted molar refractivity (Wildman–Crippen MR) is 104 cm³/mol. The SMILES string of the molecule is CNC(=O)OCC(C)(C)NC(=O)c1ccc2c(=O)c3ccccc3[nH]c2c1. The molecule has 0 radical (unpaired) electrons. The molecule has 140 valence electrons. The number of hydrogen-bond acceptors (Lipinski definition) is 4. The molecule has 7 heteroatoms. The lowest BCUT2D eigenvalue weighted by atomic mass is 10.0. The van der Waals surface area contributed by atoms with Crippen LogP contribution in [0.15, 0.2) is 47.3 Å². The van der Waals surface area contributed by atoms with Crippen molar-refractivity contribution in [2.45, 2.75) is 19.4 Å². The molecule has 1 aromatic heterocycles. The molecule has 27 heavy (non-hydrogen) atoms. The molecule has 0 spiro atoms. The summed E-state index contributed by atoms with van der Waals surface area (Å²) in [6, 6.07) is 12.1. The van der Waals surface area contributed by atoms with E-state index in [-0.39, 0.29) is 17.9 Å². The third kappa shape index (κ3) is 3.92. The molecule has 0 aliphatic rings. The first-order valence-electron chi connectivity index (χ1n) is 8.52. The minimum atomic E-state index is -0.755. The maximum Gasteiger partial charge on any atom is 0.406 e. The van der Waals surface area contributed by atoms with Crippen LogP contribution in [0.2, 0.25) is 0 Å². The van der Waals surface area contributed by atoms with Gasteiger partial charge in [-0.25, -0.2) is 4.79 Å². The number of fused-ring (bicyclic) bond motifs is 2. The van der Waals surface area contributed by atoms with Gasteiger partial charge in [0.25, 0.3) is 5.91 Å². The third-order valence-corrected chi connectivity index (χ3v) is 4.19. The van der Waals surface area contributed by atoms with Gasteiger partial charge >= 0.3 is 6.09 Å². The van der Waals surface area contributed by atoms with E-state index in [0.29, 0.717) is 27.4 Å². The number of rotatable bonds is 4. The molecule has 3 aromatic rings. The second-order valence-corrected chi connectivity index (χ2v) is 6.92. The number of alkyl carbamates (subject to hydrolysis) is 1. The Balaban J connectivity index is 1.88. The lowest BCUT2D eigenvalue weighted by molar-refractivity contribution is 0.0820. The van der Waals surface area contributed by atoms with Crippen LogP contribution in [0.3, 0.4) is 0 Å². The number of aromatic nitrogens is 1. The van der Waals surface area contributed by atoms with Crippen LogP contribution in [0.4, 0.5) is 4.79 Å². The van der Waals surface area contributed by atoms with Crippen LogP contribution in [-0.4, -0.2) is 36.2 Å². The number of pyridine rings is 1. The molecule has 0 saturated heterocycles. The first-order valence-corrected chi connectivity index (χ1v) is 8.52. The normalized spacial score (nSPS) is 11.4. The fraction of sp³-hybridized carbons (Fsp3) is 0.250. The Morgan fingerprint density at radius 1 is 1.07 bits per heavy atom. The number of amides is 2. The van der Waals surface area contributed by atoms with E-state index < -0.39 is 11.6 Å². The highest BCUT2D eigenvalue weighted by Gasteiger charge is 2.23. The minimum absolute atomic E-state index is 0.0213. The molecule has 0 unspecified atom stereocenters. The predicted octanol–water partition coefficient (Wildman–Crippen LogP) is 2.55. The van der Waals surface area contributed by atoms with Gasteiger partial charge < -0.3 is 20.4 Å². The highest BCUT2D eigenvalue weighted by molar-refractivity contribution is 6.00. The van der Waals surface area contributed by atoms with Crippen molar-refractivity contribution in [1.82, 2.24) is 15.6 Å². The van der Waals surface area contributed by atoms with Gasteiger partial charge in [-0.05, 0) is 44.2 Å². The van der Waals surface area contributed by atoms with Gasteiger partial charge in [0.2, 0.25) is 0 Å². The summed E-state index contributed by atoms with van der Waals surface area (Å²) in [6.45, 7) is 3.53. The Bertz CT molecular complexity index is 1090. The fourth-order valence-electron chi connectivity index (χ4n) is 2.80. The monoisotopic (exact) mass is 367 g/mol. The van der Waals surface area contributed by atoms with Crippen LogP contribution in [0, 0.1) is 0 Å². The maximum atomic E-state index is 12.6. The van der Waals surface area contributed by atoms with Crippen molar-refractivity contribution >= 4 is 33.8 Å². The third-order valence-electron chi connectivity index (χ3n) is 4.19. The highest BCUT2D eigenvalue weighted by Crippen LogP contribution is 2.17. The number of aromatic amines is 1. The van der Waals surface area contributed by atoms with Crippen molar-refractivity contribution < 1.29 is 14.3 Å². The van der Waals surface area contributed by atoms with Crippen molar-refractivity contribution in [3.63, 3.8) is 0 Å². The summed E-state index contributed by atoms with van der Waals surface area (Å²) in [6.07, 6.45) is -0.563. The second-order valence-electron chi connectivity index (χ2n) is 6.92. The highest BCUT2D eigenvalue weighted by atomic mass is 16.5. The van der Waals surface area contributed by atoms with Gasteiger partial charge in [-0.3, -0.25) is 9.59 Å². The zero-order valence-corrected chi connectivity index (χ0v) is 15.4. The smallest absolute Gasteiger partial charge is 0.406 e. The van der Waals surface area contributed by atoms with Crippen LogP contribution in [0.5, 0.6) is 0 Å². The number of carbonyl (C=O) groups excluding carboxylic acids is 2. The van der Waals surface area contributed by atoms with E-state index in [1.54, 1.807) is 38.1 Å². The first-order chi connectivity index (χ1) is 12.8. The van der Waals surface area contributed by atoms with Crippen molar-refractivity contribution in [1.29, 1.82) is 0 Å². The molecule has 3 N–H and O–H groups in total.